The first-order valence-corrected chi connectivity index (χ1v) is 11.2. The van der Waals surface area contributed by atoms with Crippen LogP contribution in [0.15, 0.2) is 18.5 Å². The third-order valence-electron chi connectivity index (χ3n) is 5.77. The SMILES string of the molecule is C[C@H](c1nc2c(cc1F)OCCO2)N1CCN(c2cnc(C(=O)NC(C)(C)C)cn2)C[C@@H]1C. The maximum atomic E-state index is 14.8. The first-order valence-electron chi connectivity index (χ1n) is 11.2. The molecule has 1 amide bonds. The van der Waals surface area contributed by atoms with Gasteiger partial charge in [-0.05, 0) is 34.6 Å². The Labute approximate surface area is 193 Å². The molecule has 2 aliphatic rings. The molecule has 0 saturated carbocycles. The molecule has 2 aliphatic heterocycles. The lowest BCUT2D eigenvalue weighted by molar-refractivity contribution is 0.0914. The molecule has 2 atom stereocenters. The van der Waals surface area contributed by atoms with E-state index in [2.05, 4.69) is 37.0 Å². The molecule has 0 aromatic carbocycles. The van der Waals surface area contributed by atoms with Crippen LogP contribution in [0.25, 0.3) is 0 Å². The molecular weight excluding hydrogens is 427 g/mol. The third kappa shape index (κ3) is 5.16. The van der Waals surface area contributed by atoms with E-state index in [4.69, 9.17) is 9.47 Å². The van der Waals surface area contributed by atoms with E-state index in [1.54, 1.807) is 6.20 Å². The molecule has 0 spiro atoms. The minimum atomic E-state index is -0.392. The van der Waals surface area contributed by atoms with Crippen LogP contribution in [0, 0.1) is 5.82 Å². The first-order chi connectivity index (χ1) is 15.6. The van der Waals surface area contributed by atoms with Gasteiger partial charge in [-0.3, -0.25) is 9.69 Å². The van der Waals surface area contributed by atoms with E-state index >= 15 is 0 Å². The van der Waals surface area contributed by atoms with Gasteiger partial charge >= 0.3 is 0 Å². The highest BCUT2D eigenvalue weighted by atomic mass is 19.1. The lowest BCUT2D eigenvalue weighted by Crippen LogP contribution is -2.53. The van der Waals surface area contributed by atoms with Gasteiger partial charge in [-0.25, -0.2) is 19.3 Å². The van der Waals surface area contributed by atoms with E-state index in [1.807, 2.05) is 27.7 Å². The second-order valence-electron chi connectivity index (χ2n) is 9.53. The van der Waals surface area contributed by atoms with Crippen molar-refractivity contribution in [2.45, 2.75) is 52.2 Å². The van der Waals surface area contributed by atoms with Crippen molar-refractivity contribution in [2.75, 3.05) is 37.7 Å². The topological polar surface area (TPSA) is 92.7 Å². The Morgan fingerprint density at radius 2 is 1.97 bits per heavy atom. The Morgan fingerprint density at radius 3 is 2.64 bits per heavy atom. The molecule has 1 N–H and O–H groups in total. The van der Waals surface area contributed by atoms with Crippen LogP contribution in [0.2, 0.25) is 0 Å². The molecule has 1 fully saturated rings. The number of pyridine rings is 1. The smallest absolute Gasteiger partial charge is 0.271 e. The average molecular weight is 459 g/mol. The molecule has 0 bridgehead atoms. The molecule has 4 rings (SSSR count). The zero-order valence-electron chi connectivity index (χ0n) is 19.8. The van der Waals surface area contributed by atoms with Gasteiger partial charge in [0.1, 0.15) is 30.5 Å². The summed E-state index contributed by atoms with van der Waals surface area (Å²) in [6.45, 7) is 12.7. The molecule has 1 saturated heterocycles. The highest BCUT2D eigenvalue weighted by molar-refractivity contribution is 5.92. The second-order valence-corrected chi connectivity index (χ2v) is 9.53. The summed E-state index contributed by atoms with van der Waals surface area (Å²) in [6, 6.07) is 1.25. The van der Waals surface area contributed by atoms with Crippen LogP contribution >= 0.6 is 0 Å². The summed E-state index contributed by atoms with van der Waals surface area (Å²) in [5, 5.41) is 2.88. The van der Waals surface area contributed by atoms with Crippen molar-refractivity contribution < 1.29 is 18.7 Å². The van der Waals surface area contributed by atoms with Crippen molar-refractivity contribution in [1.29, 1.82) is 0 Å². The van der Waals surface area contributed by atoms with Crippen LogP contribution < -0.4 is 19.7 Å². The van der Waals surface area contributed by atoms with Crippen LogP contribution in [-0.2, 0) is 0 Å². The second kappa shape index (κ2) is 9.09. The molecule has 2 aromatic rings. The van der Waals surface area contributed by atoms with E-state index in [1.165, 1.54) is 12.3 Å². The van der Waals surface area contributed by atoms with E-state index in [0.717, 1.165) is 0 Å². The van der Waals surface area contributed by atoms with Crippen LogP contribution in [0.3, 0.4) is 0 Å². The van der Waals surface area contributed by atoms with Crippen molar-refractivity contribution >= 4 is 11.7 Å². The van der Waals surface area contributed by atoms with Crippen molar-refractivity contribution in [3.63, 3.8) is 0 Å². The summed E-state index contributed by atoms with van der Waals surface area (Å²) in [5.74, 6) is 0.774. The average Bonchev–Trinajstić information content (AvgIpc) is 2.77. The first kappa shape index (κ1) is 23.2. The summed E-state index contributed by atoms with van der Waals surface area (Å²) in [6.07, 6.45) is 3.13. The number of carbonyl (C=O) groups is 1. The number of nitrogens with one attached hydrogen (secondary N) is 1. The van der Waals surface area contributed by atoms with Gasteiger partial charge in [0.15, 0.2) is 5.75 Å². The number of ether oxygens (including phenoxy) is 2. The van der Waals surface area contributed by atoms with Crippen LogP contribution in [0.4, 0.5) is 10.2 Å². The summed E-state index contributed by atoms with van der Waals surface area (Å²) in [7, 11) is 0. The largest absolute Gasteiger partial charge is 0.484 e. The lowest BCUT2D eigenvalue weighted by Gasteiger charge is -2.43. The molecule has 2 aromatic heterocycles. The van der Waals surface area contributed by atoms with Gasteiger partial charge in [0.05, 0.1) is 24.1 Å². The number of piperazine rings is 1. The van der Waals surface area contributed by atoms with Crippen LogP contribution in [0.5, 0.6) is 11.6 Å². The van der Waals surface area contributed by atoms with Gasteiger partial charge in [0.2, 0.25) is 0 Å². The molecule has 0 unspecified atom stereocenters. The maximum absolute atomic E-state index is 14.8. The summed E-state index contributed by atoms with van der Waals surface area (Å²) in [5.41, 5.74) is 0.300. The van der Waals surface area contributed by atoms with Crippen molar-refractivity contribution in [3.05, 3.63) is 35.7 Å². The molecule has 4 heterocycles. The van der Waals surface area contributed by atoms with Gasteiger partial charge in [-0.15, -0.1) is 0 Å². The van der Waals surface area contributed by atoms with Gasteiger partial charge in [-0.2, -0.15) is 0 Å². The Hall–Kier alpha value is -3.01. The molecule has 178 valence electrons. The van der Waals surface area contributed by atoms with Gasteiger partial charge < -0.3 is 19.7 Å². The predicted octanol–water partition coefficient (Wildman–Crippen LogP) is 2.58. The van der Waals surface area contributed by atoms with Gasteiger partial charge in [-0.1, -0.05) is 0 Å². The number of anilines is 1. The zero-order chi connectivity index (χ0) is 23.8. The highest BCUT2D eigenvalue weighted by Gasteiger charge is 2.32. The van der Waals surface area contributed by atoms with E-state index in [0.29, 0.717) is 56.0 Å². The molecule has 9 nitrogen and oxygen atoms in total. The Morgan fingerprint density at radius 1 is 1.21 bits per heavy atom. The number of aromatic nitrogens is 3. The standard InChI is InChI=1S/C23H31FN6O3/c1-14-13-29(19-12-25-17(11-26-19)21(31)28-23(3,4)5)6-7-30(14)15(2)20-16(24)10-18-22(27-20)33-9-8-32-18/h10-12,14-15H,6-9,13H2,1-5H3,(H,28,31)/t14-,15+/m0/s1. The zero-order valence-corrected chi connectivity index (χ0v) is 19.8. The minimum Gasteiger partial charge on any atom is -0.484 e. The number of carbonyl (C=O) groups excluding carboxylic acids is 1. The lowest BCUT2D eigenvalue weighted by atomic mass is 10.1. The monoisotopic (exact) mass is 458 g/mol. The van der Waals surface area contributed by atoms with Crippen molar-refractivity contribution in [1.82, 2.24) is 25.2 Å². The fourth-order valence-electron chi connectivity index (χ4n) is 4.18. The maximum Gasteiger partial charge on any atom is 0.271 e. The number of nitrogens with zero attached hydrogens (tertiary/aromatic N) is 5. The van der Waals surface area contributed by atoms with Gasteiger partial charge in [0.25, 0.3) is 11.8 Å². The summed E-state index contributed by atoms with van der Waals surface area (Å²) in [4.78, 5) is 29.8. The number of hydrogen-bond acceptors (Lipinski definition) is 8. The number of rotatable bonds is 4. The van der Waals surface area contributed by atoms with Crippen molar-refractivity contribution in [3.8, 4) is 11.6 Å². The Bertz CT molecular complexity index is 1010. The Kier molecular flexibility index (Phi) is 6.38. The molecule has 0 aliphatic carbocycles. The third-order valence-corrected chi connectivity index (χ3v) is 5.77. The normalized spacial score (nSPS) is 19.8. The number of amides is 1. The van der Waals surface area contributed by atoms with E-state index in [-0.39, 0.29) is 29.2 Å². The predicted molar refractivity (Wildman–Crippen MR) is 121 cm³/mol. The number of halogens is 1. The van der Waals surface area contributed by atoms with Gasteiger partial charge in [0, 0.05) is 37.3 Å². The Balaban J connectivity index is 1.42. The molecular formula is C23H31FN6O3. The quantitative estimate of drug-likeness (QED) is 0.748. The van der Waals surface area contributed by atoms with Crippen molar-refractivity contribution in [2.24, 2.45) is 0 Å². The van der Waals surface area contributed by atoms with Crippen LogP contribution in [-0.4, -0.2) is 70.2 Å². The summed E-state index contributed by atoms with van der Waals surface area (Å²) < 4.78 is 25.7. The molecule has 33 heavy (non-hydrogen) atoms. The summed E-state index contributed by atoms with van der Waals surface area (Å²) >= 11 is 0. The minimum absolute atomic E-state index is 0.119. The van der Waals surface area contributed by atoms with Crippen LogP contribution in [0.1, 0.15) is 56.8 Å². The molecule has 0 radical (unpaired) electrons. The fourth-order valence-corrected chi connectivity index (χ4v) is 4.18. The number of hydrogen-bond donors (Lipinski definition) is 1. The van der Waals surface area contributed by atoms with E-state index < -0.39 is 5.82 Å². The number of fused-ring (bicyclic) bond motifs is 1. The fraction of sp³-hybridized carbons (Fsp3) is 0.565. The van der Waals surface area contributed by atoms with E-state index in [9.17, 15) is 9.18 Å². The highest BCUT2D eigenvalue weighted by Crippen LogP contribution is 2.34. The molecule has 10 heteroatoms.